The fraction of sp³-hybridized carbons (Fsp3) is 0.269. The van der Waals surface area contributed by atoms with Gasteiger partial charge in [-0.15, -0.1) is 0 Å². The number of carboxylic acids is 1. The summed E-state index contributed by atoms with van der Waals surface area (Å²) in [6.07, 6.45) is 4.24. The first-order valence-corrected chi connectivity index (χ1v) is 10.5. The number of phenols is 1. The van der Waals surface area contributed by atoms with Crippen molar-refractivity contribution in [3.63, 3.8) is 0 Å². The third-order valence-electron chi connectivity index (χ3n) is 5.61. The second-order valence-corrected chi connectivity index (χ2v) is 7.75. The van der Waals surface area contributed by atoms with Crippen molar-refractivity contribution in [3.05, 3.63) is 90.0 Å². The van der Waals surface area contributed by atoms with Gasteiger partial charge >= 0.3 is 5.97 Å². The molecule has 0 bridgehead atoms. The van der Waals surface area contributed by atoms with Crippen LogP contribution in [0.5, 0.6) is 5.75 Å². The van der Waals surface area contributed by atoms with Crippen molar-refractivity contribution in [1.82, 2.24) is 0 Å². The van der Waals surface area contributed by atoms with Crippen LogP contribution in [0.3, 0.4) is 0 Å². The number of benzene rings is 3. The quantitative estimate of drug-likeness (QED) is 0.477. The minimum absolute atomic E-state index is 0.000560. The number of hydrogen-bond donors (Lipinski definition) is 2. The topological polar surface area (TPSA) is 76.0 Å². The average Bonchev–Trinajstić information content (AvgIpc) is 2.79. The van der Waals surface area contributed by atoms with E-state index in [1.165, 1.54) is 0 Å². The Hall–Kier alpha value is -3.15. The summed E-state index contributed by atoms with van der Waals surface area (Å²) in [5, 5.41) is 21.5. The van der Waals surface area contributed by atoms with Gasteiger partial charge in [0.25, 0.3) is 0 Å². The molecule has 0 radical (unpaired) electrons. The van der Waals surface area contributed by atoms with Crippen LogP contribution in [-0.4, -0.2) is 22.8 Å². The number of ether oxygens (including phenoxy) is 2. The van der Waals surface area contributed by atoms with Gasteiger partial charge in [0, 0.05) is 23.5 Å². The number of para-hydroxylation sites is 1. The van der Waals surface area contributed by atoms with Gasteiger partial charge in [-0.25, -0.2) is 0 Å². The zero-order valence-electron chi connectivity index (χ0n) is 17.2. The fourth-order valence-electron chi connectivity index (χ4n) is 4.04. The van der Waals surface area contributed by atoms with Crippen molar-refractivity contribution in [2.24, 2.45) is 5.92 Å². The summed E-state index contributed by atoms with van der Waals surface area (Å²) in [5.41, 5.74) is 1.70. The molecule has 0 amide bonds. The van der Waals surface area contributed by atoms with E-state index in [2.05, 4.69) is 18.2 Å². The molecule has 3 aromatic rings. The number of carboxylic acid groups (broad SMARTS) is 1. The molecule has 3 atom stereocenters. The Bertz CT molecular complexity index is 1070. The van der Waals surface area contributed by atoms with Crippen molar-refractivity contribution in [2.75, 3.05) is 6.61 Å². The lowest BCUT2D eigenvalue weighted by Gasteiger charge is -2.37. The summed E-state index contributed by atoms with van der Waals surface area (Å²) >= 11 is 0. The Kier molecular flexibility index (Phi) is 6.65. The Morgan fingerprint density at radius 3 is 2.55 bits per heavy atom. The highest BCUT2D eigenvalue weighted by Gasteiger charge is 2.35. The normalized spacial score (nSPS) is 21.5. The second-order valence-electron chi connectivity index (χ2n) is 7.75. The van der Waals surface area contributed by atoms with Gasteiger partial charge in [-0.2, -0.15) is 0 Å². The maximum absolute atomic E-state index is 10.7. The molecule has 0 aliphatic carbocycles. The van der Waals surface area contributed by atoms with Crippen molar-refractivity contribution in [2.45, 2.75) is 31.7 Å². The number of phenolic OH excluding ortho intramolecular Hbond substituents is 1. The van der Waals surface area contributed by atoms with Crippen molar-refractivity contribution in [1.29, 1.82) is 0 Å². The van der Waals surface area contributed by atoms with E-state index in [1.54, 1.807) is 12.1 Å². The molecule has 5 heteroatoms. The monoisotopic (exact) mass is 418 g/mol. The number of carbonyl (C=O) groups is 1. The van der Waals surface area contributed by atoms with Crippen molar-refractivity contribution < 1.29 is 24.5 Å². The van der Waals surface area contributed by atoms with Crippen LogP contribution in [0.25, 0.3) is 10.8 Å². The number of aliphatic carboxylic acids is 1. The standard InChI is InChI=1S/C26H26O5/c27-23-15-7-6-13-22(23)25-19(10-2-1-3-16-24(28)29)17-30-26(31-25)21-14-8-11-18-9-4-5-12-20(18)21/h1-2,4-9,11-15,19,25-27H,3,10,16-17H2,(H,28,29)/b2-1-/t19-,25+,26?/m1/s1. The fourth-order valence-corrected chi connectivity index (χ4v) is 4.04. The van der Waals surface area contributed by atoms with Gasteiger partial charge in [-0.3, -0.25) is 4.79 Å². The average molecular weight is 418 g/mol. The molecule has 1 saturated heterocycles. The van der Waals surface area contributed by atoms with E-state index in [-0.39, 0.29) is 24.2 Å². The molecule has 4 rings (SSSR count). The zero-order valence-corrected chi connectivity index (χ0v) is 17.2. The highest BCUT2D eigenvalue weighted by Crippen LogP contribution is 2.43. The molecule has 31 heavy (non-hydrogen) atoms. The molecule has 0 spiro atoms. The van der Waals surface area contributed by atoms with Gasteiger partial charge in [0.15, 0.2) is 6.29 Å². The molecule has 0 aromatic heterocycles. The molecule has 0 saturated carbocycles. The molecule has 2 N–H and O–H groups in total. The minimum Gasteiger partial charge on any atom is -0.508 e. The summed E-state index contributed by atoms with van der Waals surface area (Å²) in [5.74, 6) is -0.606. The van der Waals surface area contributed by atoms with Gasteiger partial charge in [0.2, 0.25) is 0 Å². The number of aromatic hydroxyl groups is 1. The predicted octanol–water partition coefficient (Wildman–Crippen LogP) is 5.76. The van der Waals surface area contributed by atoms with Crippen LogP contribution in [0.15, 0.2) is 78.9 Å². The van der Waals surface area contributed by atoms with E-state index in [4.69, 9.17) is 14.6 Å². The zero-order chi connectivity index (χ0) is 21.6. The molecule has 1 unspecified atom stereocenters. The highest BCUT2D eigenvalue weighted by atomic mass is 16.7. The molecule has 1 aliphatic rings. The molecule has 1 fully saturated rings. The van der Waals surface area contributed by atoms with E-state index in [9.17, 15) is 9.90 Å². The highest BCUT2D eigenvalue weighted by molar-refractivity contribution is 5.85. The largest absolute Gasteiger partial charge is 0.508 e. The maximum Gasteiger partial charge on any atom is 0.303 e. The van der Waals surface area contributed by atoms with E-state index >= 15 is 0 Å². The third-order valence-corrected chi connectivity index (χ3v) is 5.61. The number of rotatable bonds is 7. The SMILES string of the molecule is O=C(O)CC/C=C\C[C@@H]1COC(c2cccc3ccccc23)O[C@@H]1c1ccccc1O. The van der Waals surface area contributed by atoms with Crippen LogP contribution >= 0.6 is 0 Å². The van der Waals surface area contributed by atoms with Gasteiger partial charge in [0.1, 0.15) is 5.75 Å². The molecule has 5 nitrogen and oxygen atoms in total. The third kappa shape index (κ3) is 4.95. The van der Waals surface area contributed by atoms with E-state index in [1.807, 2.05) is 48.6 Å². The van der Waals surface area contributed by atoms with Gasteiger partial charge in [0.05, 0.1) is 12.7 Å². The van der Waals surface area contributed by atoms with Crippen LogP contribution < -0.4 is 0 Å². The van der Waals surface area contributed by atoms with Gasteiger partial charge < -0.3 is 19.7 Å². The number of allylic oxidation sites excluding steroid dienone is 2. The van der Waals surface area contributed by atoms with Crippen LogP contribution in [0, 0.1) is 5.92 Å². The Labute approximate surface area is 181 Å². The summed E-state index contributed by atoms with van der Waals surface area (Å²) in [6.45, 7) is 0.468. The van der Waals surface area contributed by atoms with Crippen molar-refractivity contribution in [3.8, 4) is 5.75 Å². The Balaban J connectivity index is 1.58. The van der Waals surface area contributed by atoms with Crippen molar-refractivity contribution >= 4 is 16.7 Å². The molecular formula is C26H26O5. The molecule has 1 aliphatic heterocycles. The smallest absolute Gasteiger partial charge is 0.303 e. The maximum atomic E-state index is 10.7. The van der Waals surface area contributed by atoms with E-state index in [0.717, 1.165) is 21.9 Å². The predicted molar refractivity (Wildman–Crippen MR) is 119 cm³/mol. The van der Waals surface area contributed by atoms with E-state index in [0.29, 0.717) is 19.4 Å². The van der Waals surface area contributed by atoms with Crippen LogP contribution in [-0.2, 0) is 14.3 Å². The lowest BCUT2D eigenvalue weighted by molar-refractivity contribution is -0.243. The molecule has 1 heterocycles. The number of hydrogen-bond acceptors (Lipinski definition) is 4. The summed E-state index contributed by atoms with van der Waals surface area (Å²) in [6, 6.07) is 21.4. The van der Waals surface area contributed by atoms with Gasteiger partial charge in [-0.05, 0) is 29.7 Å². The first kappa shape index (κ1) is 21.1. The number of fused-ring (bicyclic) bond motifs is 1. The molecule has 160 valence electrons. The first-order valence-electron chi connectivity index (χ1n) is 10.5. The first-order chi connectivity index (χ1) is 15.1. The summed E-state index contributed by atoms with van der Waals surface area (Å²) in [7, 11) is 0. The van der Waals surface area contributed by atoms with Crippen LogP contribution in [0.1, 0.15) is 42.8 Å². The van der Waals surface area contributed by atoms with Crippen LogP contribution in [0.2, 0.25) is 0 Å². The second kappa shape index (κ2) is 9.77. The molecule has 3 aromatic carbocycles. The summed E-state index contributed by atoms with van der Waals surface area (Å²) < 4.78 is 12.6. The lowest BCUT2D eigenvalue weighted by Crippen LogP contribution is -2.30. The van der Waals surface area contributed by atoms with E-state index < -0.39 is 12.3 Å². The lowest BCUT2D eigenvalue weighted by atomic mass is 9.91. The van der Waals surface area contributed by atoms with Gasteiger partial charge in [-0.1, -0.05) is 72.8 Å². The van der Waals surface area contributed by atoms with Crippen LogP contribution in [0.4, 0.5) is 0 Å². The summed E-state index contributed by atoms with van der Waals surface area (Å²) in [4.78, 5) is 10.7. The minimum atomic E-state index is -0.806. The molecular weight excluding hydrogens is 392 g/mol. The Morgan fingerprint density at radius 2 is 1.71 bits per heavy atom. The Morgan fingerprint density at radius 1 is 0.968 bits per heavy atom.